The number of methoxy groups -OCH3 is 1. The van der Waals surface area contributed by atoms with Gasteiger partial charge in [-0.25, -0.2) is 4.79 Å². The Balaban J connectivity index is 2.17. The predicted octanol–water partition coefficient (Wildman–Crippen LogP) is 0.556. The van der Waals surface area contributed by atoms with Crippen LogP contribution in [0, 0.1) is 18.8 Å². The molecule has 6 heteroatoms. The number of quaternary nitrogens is 1. The fourth-order valence-electron chi connectivity index (χ4n) is 4.65. The first-order valence-corrected chi connectivity index (χ1v) is 8.70. The minimum atomic E-state index is -1.04. The van der Waals surface area contributed by atoms with Gasteiger partial charge in [0.15, 0.2) is 0 Å². The number of amides is 2. The van der Waals surface area contributed by atoms with Crippen molar-refractivity contribution in [1.82, 2.24) is 4.90 Å². The van der Waals surface area contributed by atoms with Crippen molar-refractivity contribution in [3.05, 3.63) is 35.4 Å². The number of likely N-dealkylation sites (tertiary alicyclic amines) is 1. The number of aryl methyl sites for hydroxylation is 1. The second kappa shape index (κ2) is 6.26. The zero-order chi connectivity index (χ0) is 18.4. The van der Waals surface area contributed by atoms with Gasteiger partial charge in [0.1, 0.15) is 17.9 Å². The van der Waals surface area contributed by atoms with Gasteiger partial charge in [-0.3, -0.25) is 14.5 Å². The van der Waals surface area contributed by atoms with Crippen LogP contribution in [0.3, 0.4) is 0 Å². The molecule has 2 aliphatic heterocycles. The first-order valence-electron chi connectivity index (χ1n) is 8.70. The van der Waals surface area contributed by atoms with Gasteiger partial charge in [-0.05, 0) is 18.9 Å². The highest BCUT2D eigenvalue weighted by atomic mass is 16.5. The van der Waals surface area contributed by atoms with Gasteiger partial charge in [-0.1, -0.05) is 31.2 Å². The van der Waals surface area contributed by atoms with Crippen molar-refractivity contribution in [3.8, 4) is 0 Å². The number of hydrogen-bond acceptors (Lipinski definition) is 4. The molecule has 6 nitrogen and oxygen atoms in total. The predicted molar refractivity (Wildman–Crippen MR) is 90.3 cm³/mol. The Kier molecular flexibility index (Phi) is 4.41. The molecule has 2 amide bonds. The molecule has 2 N–H and O–H groups in total. The number of carbonyl (C=O) groups is 3. The Morgan fingerprint density at radius 2 is 1.96 bits per heavy atom. The van der Waals surface area contributed by atoms with Crippen molar-refractivity contribution in [2.24, 2.45) is 11.8 Å². The van der Waals surface area contributed by atoms with Crippen molar-refractivity contribution in [2.45, 2.75) is 38.3 Å². The van der Waals surface area contributed by atoms with Crippen LogP contribution in [0.2, 0.25) is 0 Å². The molecule has 2 aliphatic rings. The zero-order valence-electron chi connectivity index (χ0n) is 15.1. The molecular weight excluding hydrogens is 320 g/mol. The van der Waals surface area contributed by atoms with E-state index in [9.17, 15) is 14.4 Å². The van der Waals surface area contributed by atoms with Crippen LogP contribution >= 0.6 is 0 Å². The lowest BCUT2D eigenvalue weighted by molar-refractivity contribution is -0.735. The third kappa shape index (κ3) is 2.39. The normalized spacial score (nSPS) is 31.4. The first-order chi connectivity index (χ1) is 11.9. The topological polar surface area (TPSA) is 80.3 Å². The van der Waals surface area contributed by atoms with E-state index in [2.05, 4.69) is 0 Å². The summed E-state index contributed by atoms with van der Waals surface area (Å²) in [6, 6.07) is 7.56. The van der Waals surface area contributed by atoms with Crippen LogP contribution in [0.25, 0.3) is 0 Å². The Bertz CT molecular complexity index is 732. The van der Waals surface area contributed by atoms with E-state index in [1.54, 1.807) is 0 Å². The van der Waals surface area contributed by atoms with Crippen molar-refractivity contribution in [3.63, 3.8) is 0 Å². The van der Waals surface area contributed by atoms with Gasteiger partial charge in [0.2, 0.25) is 17.4 Å². The number of rotatable bonds is 4. The molecule has 1 aromatic rings. The van der Waals surface area contributed by atoms with Gasteiger partial charge in [0.05, 0.1) is 7.11 Å². The highest BCUT2D eigenvalue weighted by molar-refractivity contribution is 6.08. The summed E-state index contributed by atoms with van der Waals surface area (Å²) in [6.07, 6.45) is 1.22. The fraction of sp³-hybridized carbons (Fsp3) is 0.526. The summed E-state index contributed by atoms with van der Waals surface area (Å²) in [4.78, 5) is 39.6. The van der Waals surface area contributed by atoms with Crippen LogP contribution in [-0.2, 0) is 19.1 Å². The molecule has 0 saturated carbocycles. The SMILES string of the molecule is CCC[C@@]1(C(=O)OC)[NH2+][C@@H](c2ccccc2C)[C@H]2C(=O)N(C)C(=O)[C@@H]21. The van der Waals surface area contributed by atoms with E-state index in [0.29, 0.717) is 6.42 Å². The molecule has 0 bridgehead atoms. The third-order valence-electron chi connectivity index (χ3n) is 5.77. The lowest BCUT2D eigenvalue weighted by Crippen LogP contribution is -2.98. The molecule has 4 atom stereocenters. The number of imide groups is 1. The number of esters is 1. The minimum absolute atomic E-state index is 0.207. The van der Waals surface area contributed by atoms with Crippen molar-refractivity contribution >= 4 is 17.8 Å². The van der Waals surface area contributed by atoms with Gasteiger partial charge < -0.3 is 10.1 Å². The number of carbonyl (C=O) groups excluding carboxylic acids is 3. The first kappa shape index (κ1) is 17.6. The molecule has 0 aromatic heterocycles. The molecule has 1 aromatic carbocycles. The molecule has 0 unspecified atom stereocenters. The average molecular weight is 345 g/mol. The molecule has 0 spiro atoms. The largest absolute Gasteiger partial charge is 0.464 e. The monoisotopic (exact) mass is 345 g/mol. The number of nitrogens with two attached hydrogens (primary N) is 1. The van der Waals surface area contributed by atoms with Gasteiger partial charge in [-0.15, -0.1) is 0 Å². The van der Waals surface area contributed by atoms with Crippen LogP contribution in [0.5, 0.6) is 0 Å². The van der Waals surface area contributed by atoms with Gasteiger partial charge >= 0.3 is 5.97 Å². The summed E-state index contributed by atoms with van der Waals surface area (Å²) in [5, 5.41) is 1.92. The number of ether oxygens (including phenoxy) is 1. The van der Waals surface area contributed by atoms with Crippen LogP contribution in [-0.4, -0.2) is 42.4 Å². The van der Waals surface area contributed by atoms with Crippen molar-refractivity contribution in [1.29, 1.82) is 0 Å². The summed E-state index contributed by atoms with van der Waals surface area (Å²) in [7, 11) is 2.85. The van der Waals surface area contributed by atoms with E-state index in [1.807, 2.05) is 43.4 Å². The lowest BCUT2D eigenvalue weighted by atomic mass is 9.77. The maximum absolute atomic E-state index is 12.8. The highest BCUT2D eigenvalue weighted by Gasteiger charge is 2.71. The molecule has 2 heterocycles. The molecule has 2 saturated heterocycles. The van der Waals surface area contributed by atoms with Gasteiger partial charge in [-0.2, -0.15) is 0 Å². The molecule has 134 valence electrons. The molecule has 3 rings (SSSR count). The smallest absolute Gasteiger partial charge is 0.368 e. The summed E-state index contributed by atoms with van der Waals surface area (Å²) in [5.74, 6) is -2.12. The van der Waals surface area contributed by atoms with Crippen LogP contribution in [0.15, 0.2) is 24.3 Å². The number of hydrogen-bond donors (Lipinski definition) is 1. The Morgan fingerprint density at radius 3 is 2.56 bits per heavy atom. The summed E-state index contributed by atoms with van der Waals surface area (Å²) < 4.78 is 5.08. The minimum Gasteiger partial charge on any atom is -0.464 e. The Labute approximate surface area is 147 Å². The van der Waals surface area contributed by atoms with E-state index >= 15 is 0 Å². The lowest BCUT2D eigenvalue weighted by Gasteiger charge is -2.28. The maximum Gasteiger partial charge on any atom is 0.368 e. The van der Waals surface area contributed by atoms with E-state index in [0.717, 1.165) is 17.5 Å². The highest BCUT2D eigenvalue weighted by Crippen LogP contribution is 2.46. The van der Waals surface area contributed by atoms with Crippen molar-refractivity contribution < 1.29 is 24.4 Å². The quantitative estimate of drug-likeness (QED) is 0.639. The van der Waals surface area contributed by atoms with E-state index < -0.39 is 23.3 Å². The molecule has 2 fully saturated rings. The van der Waals surface area contributed by atoms with Crippen LogP contribution < -0.4 is 5.32 Å². The number of benzene rings is 1. The third-order valence-corrected chi connectivity index (χ3v) is 5.77. The van der Waals surface area contributed by atoms with Gasteiger partial charge in [0, 0.05) is 19.0 Å². The Morgan fingerprint density at radius 1 is 1.28 bits per heavy atom. The molecular formula is C19H25N2O4+. The molecule has 0 radical (unpaired) electrons. The second-order valence-electron chi connectivity index (χ2n) is 7.07. The van der Waals surface area contributed by atoms with Crippen LogP contribution in [0.1, 0.15) is 36.9 Å². The van der Waals surface area contributed by atoms with Crippen molar-refractivity contribution in [2.75, 3.05) is 14.2 Å². The molecule has 0 aliphatic carbocycles. The van der Waals surface area contributed by atoms with Gasteiger partial charge in [0.25, 0.3) is 0 Å². The molecule has 25 heavy (non-hydrogen) atoms. The second-order valence-corrected chi connectivity index (χ2v) is 7.07. The number of nitrogens with zero attached hydrogens (tertiary/aromatic N) is 1. The average Bonchev–Trinajstić information content (AvgIpc) is 3.05. The summed E-state index contributed by atoms with van der Waals surface area (Å²) >= 11 is 0. The summed E-state index contributed by atoms with van der Waals surface area (Å²) in [5.41, 5.74) is 1.00. The maximum atomic E-state index is 12.8. The van der Waals surface area contributed by atoms with E-state index in [4.69, 9.17) is 4.74 Å². The van der Waals surface area contributed by atoms with E-state index in [-0.39, 0.29) is 17.9 Å². The fourth-order valence-corrected chi connectivity index (χ4v) is 4.65. The zero-order valence-corrected chi connectivity index (χ0v) is 15.1. The Hall–Kier alpha value is -2.21. The summed E-state index contributed by atoms with van der Waals surface area (Å²) in [6.45, 7) is 3.96. The van der Waals surface area contributed by atoms with E-state index in [1.165, 1.54) is 19.1 Å². The van der Waals surface area contributed by atoms with Crippen LogP contribution in [0.4, 0.5) is 0 Å². The number of fused-ring (bicyclic) bond motifs is 1. The standard InChI is InChI=1S/C19H24N2O4/c1-5-10-19(18(24)25-4)14-13(16(22)21(3)17(14)23)15(20-19)12-9-7-6-8-11(12)2/h6-9,13-15,20H,5,10H2,1-4H3/p+1/t13-,14+,15-,19+/m0/s1.